The van der Waals surface area contributed by atoms with E-state index in [9.17, 15) is 8.42 Å². The van der Waals surface area contributed by atoms with Crippen molar-refractivity contribution in [3.63, 3.8) is 0 Å². The van der Waals surface area contributed by atoms with Crippen molar-refractivity contribution >= 4 is 51.3 Å². The summed E-state index contributed by atoms with van der Waals surface area (Å²) in [5.41, 5.74) is -0.610. The van der Waals surface area contributed by atoms with Gasteiger partial charge in [-0.1, -0.05) is 0 Å². The second kappa shape index (κ2) is 9.74. The summed E-state index contributed by atoms with van der Waals surface area (Å²) >= 11 is 1.61. The molecule has 0 unspecified atom stereocenters. The zero-order valence-electron chi connectivity index (χ0n) is 14.1. The zero-order valence-corrected chi connectivity index (χ0v) is 18.1. The molecule has 23 heavy (non-hydrogen) atoms. The van der Waals surface area contributed by atoms with Gasteiger partial charge >= 0.3 is 0 Å². The van der Waals surface area contributed by atoms with Gasteiger partial charge in [-0.25, -0.2) is 23.1 Å². The molecule has 0 bridgehead atoms. The molecular formula is C13H26IN5O2S2. The number of hydrogen-bond donors (Lipinski definition) is 3. The lowest BCUT2D eigenvalue weighted by molar-refractivity contribution is 0.446. The number of thiazole rings is 1. The van der Waals surface area contributed by atoms with E-state index in [-0.39, 0.29) is 24.0 Å². The van der Waals surface area contributed by atoms with Gasteiger partial charge < -0.3 is 10.6 Å². The molecule has 1 heterocycles. The summed E-state index contributed by atoms with van der Waals surface area (Å²) in [6.45, 7) is 9.25. The lowest BCUT2D eigenvalue weighted by Crippen LogP contribution is -2.53. The maximum atomic E-state index is 11.3. The van der Waals surface area contributed by atoms with Gasteiger partial charge in [-0.05, 0) is 27.7 Å². The van der Waals surface area contributed by atoms with Crippen LogP contribution in [0.3, 0.4) is 0 Å². The fraction of sp³-hybridized carbons (Fsp3) is 0.692. The van der Waals surface area contributed by atoms with E-state index in [1.54, 1.807) is 11.3 Å². The number of nitrogens with zero attached hydrogens (tertiary/aromatic N) is 2. The number of sulfonamides is 1. The highest BCUT2D eigenvalue weighted by atomic mass is 127. The summed E-state index contributed by atoms with van der Waals surface area (Å²) in [6.07, 6.45) is 2.98. The summed E-state index contributed by atoms with van der Waals surface area (Å²) in [5.74, 6) is 0.638. The largest absolute Gasteiger partial charge is 0.357 e. The first-order valence-electron chi connectivity index (χ1n) is 7.04. The Labute approximate surface area is 159 Å². The summed E-state index contributed by atoms with van der Waals surface area (Å²) in [6, 6.07) is 0. The van der Waals surface area contributed by atoms with E-state index in [0.29, 0.717) is 19.0 Å². The molecule has 0 aliphatic heterocycles. The van der Waals surface area contributed by atoms with Gasteiger partial charge in [0.2, 0.25) is 10.0 Å². The van der Waals surface area contributed by atoms with Crippen molar-refractivity contribution in [3.05, 3.63) is 16.1 Å². The molecule has 10 heteroatoms. The van der Waals surface area contributed by atoms with Crippen LogP contribution in [0.25, 0.3) is 0 Å². The molecule has 3 N–H and O–H groups in total. The quantitative estimate of drug-likeness (QED) is 0.315. The van der Waals surface area contributed by atoms with Crippen molar-refractivity contribution in [2.75, 3.05) is 19.3 Å². The summed E-state index contributed by atoms with van der Waals surface area (Å²) in [7, 11) is -3.25. The first-order valence-corrected chi connectivity index (χ1v) is 9.74. The number of guanidine groups is 1. The lowest BCUT2D eigenvalue weighted by atomic mass is 10.1. The maximum Gasteiger partial charge on any atom is 0.209 e. The zero-order chi connectivity index (χ0) is 16.8. The van der Waals surface area contributed by atoms with E-state index in [0.717, 1.165) is 22.7 Å². The second-order valence-corrected chi connectivity index (χ2v) is 8.74. The Bertz CT molecular complexity index is 614. The van der Waals surface area contributed by atoms with Crippen molar-refractivity contribution in [2.45, 2.75) is 39.8 Å². The van der Waals surface area contributed by atoms with Crippen LogP contribution in [0, 0.1) is 6.92 Å². The highest BCUT2D eigenvalue weighted by Gasteiger charge is 2.22. The summed E-state index contributed by atoms with van der Waals surface area (Å²) in [4.78, 5) is 9.89. The topological polar surface area (TPSA) is 95.5 Å². The molecule has 0 saturated heterocycles. The van der Waals surface area contributed by atoms with E-state index in [1.807, 2.05) is 33.9 Å². The number of aliphatic imine (C=N–C) groups is 1. The maximum absolute atomic E-state index is 11.3. The molecule has 0 saturated carbocycles. The van der Waals surface area contributed by atoms with Crippen LogP contribution in [0.5, 0.6) is 0 Å². The van der Waals surface area contributed by atoms with Crippen molar-refractivity contribution in [1.82, 2.24) is 20.3 Å². The highest BCUT2D eigenvalue weighted by molar-refractivity contribution is 14.0. The number of aromatic nitrogens is 1. The van der Waals surface area contributed by atoms with Crippen LogP contribution < -0.4 is 15.4 Å². The normalized spacial score (nSPS) is 12.7. The third kappa shape index (κ3) is 10.1. The average Bonchev–Trinajstić information content (AvgIpc) is 2.76. The Kier molecular flexibility index (Phi) is 9.55. The highest BCUT2D eigenvalue weighted by Crippen LogP contribution is 2.11. The van der Waals surface area contributed by atoms with Crippen molar-refractivity contribution in [2.24, 2.45) is 4.99 Å². The Morgan fingerprint density at radius 1 is 1.39 bits per heavy atom. The molecule has 0 spiro atoms. The number of hydrogen-bond acceptors (Lipinski definition) is 5. The molecule has 1 aromatic heterocycles. The Hall–Kier alpha value is -0.460. The Morgan fingerprint density at radius 2 is 2.04 bits per heavy atom. The predicted molar refractivity (Wildman–Crippen MR) is 107 cm³/mol. The lowest BCUT2D eigenvalue weighted by Gasteiger charge is -2.26. The molecule has 7 nitrogen and oxygen atoms in total. The van der Waals surface area contributed by atoms with Gasteiger partial charge in [-0.2, -0.15) is 0 Å². The third-order valence-electron chi connectivity index (χ3n) is 2.55. The van der Waals surface area contributed by atoms with Gasteiger partial charge in [-0.15, -0.1) is 35.3 Å². The van der Waals surface area contributed by atoms with Crippen LogP contribution in [0.15, 0.2) is 11.2 Å². The summed E-state index contributed by atoms with van der Waals surface area (Å²) < 4.78 is 25.3. The fourth-order valence-electron chi connectivity index (χ4n) is 1.81. The molecule has 0 aliphatic carbocycles. The van der Waals surface area contributed by atoms with Crippen LogP contribution >= 0.6 is 35.3 Å². The van der Waals surface area contributed by atoms with Gasteiger partial charge in [0.25, 0.3) is 0 Å². The molecule has 0 aromatic carbocycles. The predicted octanol–water partition coefficient (Wildman–Crippen LogP) is 1.45. The summed E-state index contributed by atoms with van der Waals surface area (Å²) in [5, 5.41) is 7.23. The molecule has 1 rings (SSSR count). The minimum Gasteiger partial charge on any atom is -0.357 e. The van der Waals surface area contributed by atoms with Gasteiger partial charge in [0.1, 0.15) is 5.01 Å². The van der Waals surface area contributed by atoms with E-state index < -0.39 is 15.6 Å². The first-order chi connectivity index (χ1) is 10.1. The second-order valence-electron chi connectivity index (χ2n) is 5.67. The molecule has 0 amide bonds. The van der Waals surface area contributed by atoms with Crippen LogP contribution in [0.2, 0.25) is 0 Å². The van der Waals surface area contributed by atoms with E-state index in [2.05, 4.69) is 25.3 Å². The number of aryl methyl sites for hydroxylation is 1. The van der Waals surface area contributed by atoms with E-state index in [4.69, 9.17) is 0 Å². The van der Waals surface area contributed by atoms with Crippen molar-refractivity contribution < 1.29 is 8.42 Å². The van der Waals surface area contributed by atoms with Gasteiger partial charge in [0.05, 0.1) is 12.8 Å². The molecule has 0 radical (unpaired) electrons. The number of nitrogens with one attached hydrogen (secondary N) is 3. The molecular weight excluding hydrogens is 449 g/mol. The molecule has 0 atom stereocenters. The Balaban J connectivity index is 0.00000484. The number of halogens is 1. The van der Waals surface area contributed by atoms with Crippen LogP contribution in [0.1, 0.15) is 30.7 Å². The Morgan fingerprint density at radius 3 is 2.52 bits per heavy atom. The van der Waals surface area contributed by atoms with E-state index in [1.165, 1.54) is 0 Å². The SMILES string of the molecule is CCNC(=NCc1ncc(C)s1)NCC(C)(C)NS(C)(=O)=O.I. The van der Waals surface area contributed by atoms with Crippen LogP contribution in [-0.4, -0.2) is 44.2 Å². The molecule has 0 fully saturated rings. The smallest absolute Gasteiger partial charge is 0.209 e. The molecule has 1 aromatic rings. The molecule has 0 aliphatic rings. The third-order valence-corrected chi connectivity index (χ3v) is 4.37. The van der Waals surface area contributed by atoms with Crippen molar-refractivity contribution in [3.8, 4) is 0 Å². The fourth-order valence-corrected chi connectivity index (χ4v) is 3.59. The van der Waals surface area contributed by atoms with Gasteiger partial charge in [-0.3, -0.25) is 0 Å². The number of rotatable bonds is 7. The molecule has 134 valence electrons. The van der Waals surface area contributed by atoms with Crippen molar-refractivity contribution in [1.29, 1.82) is 0 Å². The van der Waals surface area contributed by atoms with Crippen LogP contribution in [-0.2, 0) is 16.6 Å². The average molecular weight is 475 g/mol. The minimum absolute atomic E-state index is 0. The minimum atomic E-state index is -3.25. The first kappa shape index (κ1) is 22.5. The van der Waals surface area contributed by atoms with Gasteiger partial charge in [0.15, 0.2) is 5.96 Å². The van der Waals surface area contributed by atoms with E-state index >= 15 is 0 Å². The van der Waals surface area contributed by atoms with Crippen LogP contribution in [0.4, 0.5) is 0 Å². The monoisotopic (exact) mass is 475 g/mol. The van der Waals surface area contributed by atoms with Gasteiger partial charge in [0, 0.05) is 29.7 Å². The standard InChI is InChI=1S/C13H25N5O2S2.HI/c1-6-14-12(16-8-11-15-7-10(2)21-11)17-9-13(3,4)18-22(5,19)20;/h7,18H,6,8-9H2,1-5H3,(H2,14,16,17);1H.